The van der Waals surface area contributed by atoms with Crippen LogP contribution in [0.2, 0.25) is 0 Å². The first-order valence-electron chi connectivity index (χ1n) is 12.9. The molecule has 0 atom stereocenters. The third kappa shape index (κ3) is 6.81. The molecule has 0 bridgehead atoms. The Hall–Kier alpha value is -3.20. The number of ether oxygens (including phenoxy) is 1. The second-order valence-corrected chi connectivity index (χ2v) is 12.6. The van der Waals surface area contributed by atoms with Crippen LogP contribution in [-0.2, 0) is 28.6 Å². The van der Waals surface area contributed by atoms with E-state index in [1.807, 2.05) is 12.1 Å². The summed E-state index contributed by atoms with van der Waals surface area (Å²) < 4.78 is 39.2. The molecule has 202 valence electrons. The maximum absolute atomic E-state index is 13.1. The molecule has 38 heavy (non-hydrogen) atoms. The van der Waals surface area contributed by atoms with Gasteiger partial charge in [-0.15, -0.1) is 0 Å². The van der Waals surface area contributed by atoms with Crippen molar-refractivity contribution in [3.8, 4) is 5.75 Å². The molecule has 4 rings (SSSR count). The Bertz CT molecular complexity index is 1400. The van der Waals surface area contributed by atoms with E-state index >= 15 is 0 Å². The molecule has 3 aromatic rings. The molecule has 1 aliphatic heterocycles. The molecule has 0 unspecified atom stereocenters. The zero-order chi connectivity index (χ0) is 27.3. The van der Waals surface area contributed by atoms with Crippen molar-refractivity contribution in [2.24, 2.45) is 0 Å². The van der Waals surface area contributed by atoms with E-state index in [2.05, 4.69) is 44.4 Å². The van der Waals surface area contributed by atoms with Crippen LogP contribution < -0.4 is 10.2 Å². The van der Waals surface area contributed by atoms with Crippen LogP contribution in [-0.4, -0.2) is 43.8 Å². The number of benzene rings is 2. The van der Waals surface area contributed by atoms with Gasteiger partial charge in [0.15, 0.2) is 0 Å². The molecule has 2 aromatic carbocycles. The smallest absolute Gasteiger partial charge is 0.243 e. The second-order valence-electron chi connectivity index (χ2n) is 10.6. The van der Waals surface area contributed by atoms with E-state index in [1.165, 1.54) is 22.2 Å². The molecular formula is C30H36N2O5S. The van der Waals surface area contributed by atoms with Crippen molar-refractivity contribution >= 4 is 16.1 Å². The highest BCUT2D eigenvalue weighted by Gasteiger charge is 2.27. The molecule has 1 aliphatic rings. The van der Waals surface area contributed by atoms with E-state index < -0.39 is 10.0 Å². The van der Waals surface area contributed by atoms with Crippen LogP contribution in [0.15, 0.2) is 81.5 Å². The number of sulfonamides is 1. The summed E-state index contributed by atoms with van der Waals surface area (Å²) in [5.74, 6) is 0.692. The second kappa shape index (κ2) is 11.7. The van der Waals surface area contributed by atoms with Crippen LogP contribution in [0.3, 0.4) is 0 Å². The van der Waals surface area contributed by atoms with Crippen LogP contribution in [0.25, 0.3) is 6.08 Å². The van der Waals surface area contributed by atoms with Gasteiger partial charge < -0.3 is 9.15 Å². The van der Waals surface area contributed by atoms with Gasteiger partial charge in [-0.05, 0) is 47.2 Å². The number of nitrogens with zero attached hydrogens (tertiary/aromatic N) is 2. The minimum Gasteiger partial charge on any atom is -0.482 e. The van der Waals surface area contributed by atoms with Crippen molar-refractivity contribution in [3.05, 3.63) is 100 Å². The molecule has 0 amide bonds. The first kappa shape index (κ1) is 27.8. The van der Waals surface area contributed by atoms with Gasteiger partial charge in [-0.2, -0.15) is 4.31 Å². The largest absolute Gasteiger partial charge is 0.482 e. The summed E-state index contributed by atoms with van der Waals surface area (Å²) in [6.45, 7) is 13.0. The fourth-order valence-corrected chi connectivity index (χ4v) is 5.85. The maximum Gasteiger partial charge on any atom is 0.243 e. The van der Waals surface area contributed by atoms with Crippen molar-refractivity contribution in [1.29, 1.82) is 0 Å². The van der Waals surface area contributed by atoms with Crippen molar-refractivity contribution in [3.63, 3.8) is 0 Å². The first-order chi connectivity index (χ1) is 18.1. The summed E-state index contributed by atoms with van der Waals surface area (Å²) in [4.78, 5) is 15.0. The van der Waals surface area contributed by atoms with E-state index in [0.717, 1.165) is 11.1 Å². The Morgan fingerprint density at radius 1 is 1.00 bits per heavy atom. The molecule has 0 spiro atoms. The van der Waals surface area contributed by atoms with Crippen LogP contribution >= 0.6 is 0 Å². The van der Waals surface area contributed by atoms with Gasteiger partial charge in [-0.1, -0.05) is 69.8 Å². The Morgan fingerprint density at radius 2 is 1.71 bits per heavy atom. The van der Waals surface area contributed by atoms with Gasteiger partial charge in [-0.3, -0.25) is 9.69 Å². The molecule has 1 aromatic heterocycles. The molecule has 1 fully saturated rings. The Labute approximate surface area is 225 Å². The number of hydrogen-bond acceptors (Lipinski definition) is 6. The topological polar surface area (TPSA) is 80.1 Å². The van der Waals surface area contributed by atoms with E-state index in [1.54, 1.807) is 30.3 Å². The van der Waals surface area contributed by atoms with Crippen molar-refractivity contribution in [2.45, 2.75) is 50.7 Å². The lowest BCUT2D eigenvalue weighted by Gasteiger charge is -2.21. The summed E-state index contributed by atoms with van der Waals surface area (Å²) in [6, 6.07) is 16.4. The first-order valence-corrected chi connectivity index (χ1v) is 14.3. The van der Waals surface area contributed by atoms with Gasteiger partial charge in [0, 0.05) is 25.7 Å². The normalized spacial score (nSPS) is 15.7. The average molecular weight is 537 g/mol. The van der Waals surface area contributed by atoms with Gasteiger partial charge in [0.2, 0.25) is 21.2 Å². The molecule has 0 radical (unpaired) electrons. The minimum atomic E-state index is -3.58. The summed E-state index contributed by atoms with van der Waals surface area (Å²) in [7, 11) is -3.58. The molecule has 0 saturated carbocycles. The quantitative estimate of drug-likeness (QED) is 0.401. The van der Waals surface area contributed by atoms with E-state index in [-0.39, 0.29) is 28.1 Å². The standard InChI is InChI=1S/C30H36N2O5S/c1-5-23-9-13-27(14-10-23)38(34,35)32-16-6-15-31(17-18-32)20-26-19-28(33)29(22-36-26)37-21-24-7-11-25(12-8-24)30(2,3)4/h5,7-14,19,22H,1,6,15-18,20-21H2,2-4H3. The predicted octanol–water partition coefficient (Wildman–Crippen LogP) is 5.06. The highest BCUT2D eigenvalue weighted by Crippen LogP contribution is 2.23. The highest BCUT2D eigenvalue weighted by molar-refractivity contribution is 7.89. The SMILES string of the molecule is C=Cc1ccc(S(=O)(=O)N2CCCN(Cc3cc(=O)c(OCc4ccc(C(C)(C)C)cc4)co3)CC2)cc1. The Morgan fingerprint density at radius 3 is 2.34 bits per heavy atom. The molecule has 1 saturated heterocycles. The zero-order valence-electron chi connectivity index (χ0n) is 22.4. The fourth-order valence-electron chi connectivity index (χ4n) is 4.38. The van der Waals surface area contributed by atoms with Gasteiger partial charge in [0.05, 0.1) is 11.4 Å². The summed E-state index contributed by atoms with van der Waals surface area (Å²) in [5.41, 5.74) is 2.93. The van der Waals surface area contributed by atoms with Crippen LogP contribution in [0.4, 0.5) is 0 Å². The molecule has 0 aliphatic carbocycles. The number of hydrogen-bond donors (Lipinski definition) is 0. The van der Waals surface area contributed by atoms with Gasteiger partial charge >= 0.3 is 0 Å². The lowest BCUT2D eigenvalue weighted by atomic mass is 9.87. The average Bonchev–Trinajstić information content (AvgIpc) is 3.14. The molecular weight excluding hydrogens is 500 g/mol. The summed E-state index contributed by atoms with van der Waals surface area (Å²) in [5, 5.41) is 0. The van der Waals surface area contributed by atoms with Crippen molar-refractivity contribution in [1.82, 2.24) is 9.21 Å². The van der Waals surface area contributed by atoms with E-state index in [9.17, 15) is 13.2 Å². The van der Waals surface area contributed by atoms with Gasteiger partial charge in [-0.25, -0.2) is 8.42 Å². The van der Waals surface area contributed by atoms with Crippen molar-refractivity contribution in [2.75, 3.05) is 26.2 Å². The van der Waals surface area contributed by atoms with E-state index in [0.29, 0.717) is 44.9 Å². The summed E-state index contributed by atoms with van der Waals surface area (Å²) >= 11 is 0. The maximum atomic E-state index is 13.1. The highest BCUT2D eigenvalue weighted by atomic mass is 32.2. The third-order valence-electron chi connectivity index (χ3n) is 6.75. The molecule has 8 heteroatoms. The zero-order valence-corrected chi connectivity index (χ0v) is 23.2. The van der Waals surface area contributed by atoms with Crippen LogP contribution in [0.5, 0.6) is 5.75 Å². The fraction of sp³-hybridized carbons (Fsp3) is 0.367. The third-order valence-corrected chi connectivity index (χ3v) is 8.66. The molecule has 0 N–H and O–H groups in total. The Kier molecular flexibility index (Phi) is 8.55. The van der Waals surface area contributed by atoms with Crippen LogP contribution in [0.1, 0.15) is 49.6 Å². The Balaban J connectivity index is 1.33. The van der Waals surface area contributed by atoms with Crippen molar-refractivity contribution < 1.29 is 17.6 Å². The molecule has 7 nitrogen and oxygen atoms in total. The molecule has 2 heterocycles. The van der Waals surface area contributed by atoms with Crippen LogP contribution in [0, 0.1) is 0 Å². The van der Waals surface area contributed by atoms with Gasteiger partial charge in [0.1, 0.15) is 18.6 Å². The lowest BCUT2D eigenvalue weighted by Crippen LogP contribution is -2.35. The monoisotopic (exact) mass is 536 g/mol. The van der Waals surface area contributed by atoms with E-state index in [4.69, 9.17) is 9.15 Å². The summed E-state index contributed by atoms with van der Waals surface area (Å²) in [6.07, 6.45) is 3.73. The van der Waals surface area contributed by atoms with Gasteiger partial charge in [0.25, 0.3) is 0 Å². The minimum absolute atomic E-state index is 0.0773. The lowest BCUT2D eigenvalue weighted by molar-refractivity contribution is 0.245. The number of rotatable bonds is 8. The predicted molar refractivity (Wildman–Crippen MR) is 150 cm³/mol.